The van der Waals surface area contributed by atoms with Crippen LogP contribution in [0.3, 0.4) is 0 Å². The van der Waals surface area contributed by atoms with E-state index in [9.17, 15) is 22.1 Å². The summed E-state index contributed by atoms with van der Waals surface area (Å²) in [5, 5.41) is 0. The van der Waals surface area contributed by atoms with E-state index in [1.54, 1.807) is 19.0 Å². The highest BCUT2D eigenvalue weighted by Crippen LogP contribution is 2.29. The molecule has 0 N–H and O–H groups in total. The van der Waals surface area contributed by atoms with Crippen molar-refractivity contribution in [2.24, 2.45) is 4.99 Å². The van der Waals surface area contributed by atoms with Crippen molar-refractivity contribution in [1.29, 1.82) is 0 Å². The van der Waals surface area contributed by atoms with E-state index < -0.39 is 28.9 Å². The van der Waals surface area contributed by atoms with Crippen LogP contribution in [0.15, 0.2) is 22.0 Å². The van der Waals surface area contributed by atoms with Crippen LogP contribution in [0.1, 0.15) is 5.56 Å². The van der Waals surface area contributed by atoms with Gasteiger partial charge in [-0.2, -0.15) is 13.2 Å². The molecule has 1 unspecified atom stereocenters. The fourth-order valence-corrected chi connectivity index (χ4v) is 2.50. The lowest BCUT2D eigenvalue weighted by Crippen LogP contribution is -2.23. The lowest BCUT2D eigenvalue weighted by atomic mass is 10.2. The standard InChI is InChI=1S/C12H14F4N2OS/c1-8-4-9(13)10(17-7-18(2)3)5-11(8)20(19)6-12(14,15)16/h4-5,7H,6H2,1-3H3/b17-7+. The molecule has 0 fully saturated rings. The maximum absolute atomic E-state index is 13.6. The van der Waals surface area contributed by atoms with E-state index in [2.05, 4.69) is 4.99 Å². The van der Waals surface area contributed by atoms with Crippen LogP contribution in [0.2, 0.25) is 0 Å². The highest BCUT2D eigenvalue weighted by atomic mass is 32.2. The average Bonchev–Trinajstić information content (AvgIpc) is 2.24. The first kappa shape index (κ1) is 16.8. The van der Waals surface area contributed by atoms with E-state index in [0.29, 0.717) is 0 Å². The van der Waals surface area contributed by atoms with Gasteiger partial charge in [-0.3, -0.25) is 0 Å². The second-order valence-corrected chi connectivity index (χ2v) is 5.80. The van der Waals surface area contributed by atoms with Gasteiger partial charge >= 0.3 is 6.18 Å². The van der Waals surface area contributed by atoms with Gasteiger partial charge in [-0.15, -0.1) is 0 Å². The Labute approximate surface area is 117 Å². The molecular weight excluding hydrogens is 296 g/mol. The highest BCUT2D eigenvalue weighted by Gasteiger charge is 2.36. The van der Waals surface area contributed by atoms with Gasteiger partial charge in [0.15, 0.2) is 4.90 Å². The summed E-state index contributed by atoms with van der Waals surface area (Å²) in [5.41, 5.74) is 0.0590. The number of rotatable bonds is 4. The Balaban J connectivity index is 3.11. The molecule has 0 saturated carbocycles. The molecule has 0 heterocycles. The Kier molecular flexibility index (Phi) is 5.41. The van der Waals surface area contributed by atoms with Crippen LogP contribution in [-0.4, -0.2) is 41.8 Å². The number of aliphatic imine (C=N–C) groups is 1. The summed E-state index contributed by atoms with van der Waals surface area (Å²) >= 11 is -2.28. The summed E-state index contributed by atoms with van der Waals surface area (Å²) in [6.45, 7) is 1.41. The number of nitrogens with zero attached hydrogens (tertiary/aromatic N) is 2. The van der Waals surface area contributed by atoms with Crippen LogP contribution in [0.25, 0.3) is 0 Å². The van der Waals surface area contributed by atoms with Gasteiger partial charge in [0.1, 0.15) is 11.5 Å². The minimum atomic E-state index is -4.54. The zero-order valence-electron chi connectivity index (χ0n) is 11.2. The first-order valence-electron chi connectivity index (χ1n) is 5.56. The van der Waals surface area contributed by atoms with Crippen molar-refractivity contribution < 1.29 is 22.1 Å². The smallest absolute Gasteiger partial charge is 0.433 e. The molecule has 0 bridgehead atoms. The molecule has 0 aromatic heterocycles. The molecule has 1 rings (SSSR count). The van der Waals surface area contributed by atoms with Gasteiger partial charge in [-0.05, 0) is 24.2 Å². The number of aryl methyl sites for hydroxylation is 1. The fourth-order valence-electron chi connectivity index (χ4n) is 1.39. The predicted molar refractivity (Wildman–Crippen MR) is 70.3 cm³/mol. The van der Waals surface area contributed by atoms with Crippen molar-refractivity contribution in [3.05, 3.63) is 23.5 Å². The Morgan fingerprint density at radius 1 is 1.35 bits per heavy atom. The molecule has 20 heavy (non-hydrogen) atoms. The molecule has 0 aliphatic heterocycles. The Hall–Kier alpha value is -1.28. The van der Waals surface area contributed by atoms with E-state index in [1.807, 2.05) is 0 Å². The normalized spacial score (nSPS) is 13.8. The fraction of sp³-hybridized carbons (Fsp3) is 0.417. The van der Waals surface area contributed by atoms with E-state index in [1.165, 1.54) is 13.3 Å². The minimum Gasteiger partial charge on any atom is -0.611 e. The van der Waals surface area contributed by atoms with E-state index in [4.69, 9.17) is 0 Å². The molecule has 0 radical (unpaired) electrons. The summed E-state index contributed by atoms with van der Waals surface area (Å²) in [5.74, 6) is -2.13. The van der Waals surface area contributed by atoms with Crippen LogP contribution >= 0.6 is 0 Å². The van der Waals surface area contributed by atoms with E-state index in [-0.39, 0.29) is 16.1 Å². The number of hydrogen-bond donors (Lipinski definition) is 0. The lowest BCUT2D eigenvalue weighted by Gasteiger charge is -2.15. The number of benzene rings is 1. The number of hydrogen-bond acceptors (Lipinski definition) is 2. The van der Waals surface area contributed by atoms with Crippen molar-refractivity contribution in [1.82, 2.24) is 4.90 Å². The zero-order chi connectivity index (χ0) is 15.5. The van der Waals surface area contributed by atoms with Gasteiger partial charge in [-0.25, -0.2) is 9.38 Å². The third-order valence-electron chi connectivity index (χ3n) is 2.21. The molecule has 0 saturated heterocycles. The Bertz CT molecular complexity index is 503. The van der Waals surface area contributed by atoms with Crippen molar-refractivity contribution in [3.8, 4) is 0 Å². The van der Waals surface area contributed by atoms with Gasteiger partial charge < -0.3 is 9.45 Å². The van der Waals surface area contributed by atoms with Crippen LogP contribution in [0.4, 0.5) is 23.2 Å². The summed E-state index contributed by atoms with van der Waals surface area (Å²) in [6, 6.07) is 2.12. The quantitative estimate of drug-likeness (QED) is 0.371. The third kappa shape index (κ3) is 5.01. The van der Waals surface area contributed by atoms with E-state index >= 15 is 0 Å². The molecule has 1 aromatic rings. The molecule has 112 valence electrons. The largest absolute Gasteiger partial charge is 0.611 e. The van der Waals surface area contributed by atoms with Gasteiger partial charge in [0.25, 0.3) is 0 Å². The lowest BCUT2D eigenvalue weighted by molar-refractivity contribution is -0.106. The second kappa shape index (κ2) is 6.45. The van der Waals surface area contributed by atoms with Crippen molar-refractivity contribution >= 4 is 23.2 Å². The molecule has 1 aromatic carbocycles. The maximum atomic E-state index is 13.6. The molecule has 1 atom stereocenters. The SMILES string of the molecule is Cc1cc(F)c(/N=C/N(C)C)cc1[S+]([O-])CC(F)(F)F. The predicted octanol–water partition coefficient (Wildman–Crippen LogP) is 3.03. The van der Waals surface area contributed by atoms with Gasteiger partial charge in [0, 0.05) is 25.7 Å². The molecule has 0 amide bonds. The summed E-state index contributed by atoms with van der Waals surface area (Å²) in [4.78, 5) is 5.28. The third-order valence-corrected chi connectivity index (χ3v) is 3.73. The average molecular weight is 310 g/mol. The summed E-state index contributed by atoms with van der Waals surface area (Å²) < 4.78 is 62.1. The molecule has 0 spiro atoms. The van der Waals surface area contributed by atoms with Crippen molar-refractivity contribution in [2.75, 3.05) is 19.8 Å². The van der Waals surface area contributed by atoms with Crippen molar-refractivity contribution in [2.45, 2.75) is 18.0 Å². The Morgan fingerprint density at radius 2 is 1.95 bits per heavy atom. The second-order valence-electron chi connectivity index (χ2n) is 4.38. The van der Waals surface area contributed by atoms with Gasteiger partial charge in [0.2, 0.25) is 5.75 Å². The maximum Gasteiger partial charge on any atom is 0.433 e. The summed E-state index contributed by atoms with van der Waals surface area (Å²) in [6.07, 6.45) is -3.23. The minimum absolute atomic E-state index is 0.0605. The van der Waals surface area contributed by atoms with Crippen LogP contribution < -0.4 is 0 Å². The monoisotopic (exact) mass is 310 g/mol. The van der Waals surface area contributed by atoms with Gasteiger partial charge in [0.05, 0.1) is 6.34 Å². The molecule has 0 aliphatic rings. The first-order valence-corrected chi connectivity index (χ1v) is 6.88. The van der Waals surface area contributed by atoms with Crippen LogP contribution in [-0.2, 0) is 11.2 Å². The Morgan fingerprint density at radius 3 is 2.45 bits per heavy atom. The molecular formula is C12H14F4N2OS. The van der Waals surface area contributed by atoms with Crippen molar-refractivity contribution in [3.63, 3.8) is 0 Å². The topological polar surface area (TPSA) is 38.7 Å². The zero-order valence-corrected chi connectivity index (χ0v) is 12.0. The first-order chi connectivity index (χ1) is 9.10. The van der Waals surface area contributed by atoms with Crippen LogP contribution in [0, 0.1) is 12.7 Å². The molecule has 8 heteroatoms. The van der Waals surface area contributed by atoms with Gasteiger partial charge in [-0.1, -0.05) is 0 Å². The van der Waals surface area contributed by atoms with E-state index in [0.717, 1.165) is 12.1 Å². The highest BCUT2D eigenvalue weighted by molar-refractivity contribution is 7.91. The van der Waals surface area contributed by atoms with Crippen LogP contribution in [0.5, 0.6) is 0 Å². The number of halogens is 4. The molecule has 0 aliphatic carbocycles. The summed E-state index contributed by atoms with van der Waals surface area (Å²) in [7, 11) is 3.33. The number of alkyl halides is 3. The molecule has 3 nitrogen and oxygen atoms in total.